The summed E-state index contributed by atoms with van der Waals surface area (Å²) >= 11 is 0. The molecule has 90 valence electrons. The van der Waals surface area contributed by atoms with E-state index in [1.54, 1.807) is 25.1 Å². The fraction of sp³-hybridized carbons (Fsp3) is 0.417. The van der Waals surface area contributed by atoms with Gasteiger partial charge >= 0.3 is 0 Å². The van der Waals surface area contributed by atoms with Gasteiger partial charge in [-0.25, -0.2) is 0 Å². The fourth-order valence-electron chi connectivity index (χ4n) is 1.40. The molecule has 5 heteroatoms. The first-order valence-corrected chi connectivity index (χ1v) is 5.33. The Morgan fingerprint density at radius 3 is 3.00 bits per heavy atom. The standard InChI is InChI=1S/C12H14N2O3/c1-12(14,7-13)4-5-15-9-2-3-10-11(6-9)17-8-16-10/h2-3,6H,4-5,8,14H2,1H3. The minimum absolute atomic E-state index is 0.244. The third-order valence-corrected chi connectivity index (χ3v) is 2.49. The summed E-state index contributed by atoms with van der Waals surface area (Å²) in [5.41, 5.74) is 4.83. The monoisotopic (exact) mass is 234 g/mol. The van der Waals surface area contributed by atoms with E-state index in [0.717, 1.165) is 5.75 Å². The molecule has 1 unspecified atom stereocenters. The molecule has 0 aliphatic carbocycles. The van der Waals surface area contributed by atoms with E-state index in [4.69, 9.17) is 25.2 Å². The lowest BCUT2D eigenvalue weighted by Gasteiger charge is -2.15. The Morgan fingerprint density at radius 1 is 1.47 bits per heavy atom. The van der Waals surface area contributed by atoms with Gasteiger partial charge in [-0.2, -0.15) is 5.26 Å². The molecule has 1 aliphatic heterocycles. The van der Waals surface area contributed by atoms with Crippen LogP contribution in [0.15, 0.2) is 18.2 Å². The van der Waals surface area contributed by atoms with Crippen molar-refractivity contribution >= 4 is 0 Å². The minimum atomic E-state index is -0.851. The van der Waals surface area contributed by atoms with Crippen LogP contribution in [0.5, 0.6) is 17.2 Å². The predicted octanol–water partition coefficient (Wildman–Crippen LogP) is 1.43. The van der Waals surface area contributed by atoms with Crippen LogP contribution in [0.2, 0.25) is 0 Å². The fourth-order valence-corrected chi connectivity index (χ4v) is 1.40. The van der Waals surface area contributed by atoms with Gasteiger partial charge in [0.25, 0.3) is 0 Å². The second kappa shape index (κ2) is 4.52. The summed E-state index contributed by atoms with van der Waals surface area (Å²) in [7, 11) is 0. The number of fused-ring (bicyclic) bond motifs is 1. The highest BCUT2D eigenvalue weighted by molar-refractivity contribution is 5.46. The van der Waals surface area contributed by atoms with E-state index >= 15 is 0 Å². The topological polar surface area (TPSA) is 77.5 Å². The molecule has 1 aliphatic rings. The Hall–Kier alpha value is -1.93. The highest BCUT2D eigenvalue weighted by Crippen LogP contribution is 2.35. The van der Waals surface area contributed by atoms with E-state index in [0.29, 0.717) is 24.5 Å². The molecule has 1 atom stereocenters. The molecule has 1 heterocycles. The van der Waals surface area contributed by atoms with Crippen molar-refractivity contribution in [1.29, 1.82) is 5.26 Å². The molecule has 2 rings (SSSR count). The van der Waals surface area contributed by atoms with Gasteiger partial charge in [-0.05, 0) is 19.1 Å². The molecule has 0 fully saturated rings. The Bertz CT molecular complexity index is 452. The van der Waals surface area contributed by atoms with Crippen molar-refractivity contribution in [3.63, 3.8) is 0 Å². The second-order valence-electron chi connectivity index (χ2n) is 4.14. The predicted molar refractivity (Wildman–Crippen MR) is 60.9 cm³/mol. The van der Waals surface area contributed by atoms with Crippen LogP contribution in [0.1, 0.15) is 13.3 Å². The van der Waals surface area contributed by atoms with Crippen LogP contribution in [0.3, 0.4) is 0 Å². The lowest BCUT2D eigenvalue weighted by molar-refractivity contribution is 0.173. The summed E-state index contributed by atoms with van der Waals surface area (Å²) in [6.45, 7) is 2.31. The van der Waals surface area contributed by atoms with Gasteiger partial charge in [-0.3, -0.25) is 0 Å². The van der Waals surface area contributed by atoms with Crippen LogP contribution in [0, 0.1) is 11.3 Å². The zero-order chi connectivity index (χ0) is 12.3. The van der Waals surface area contributed by atoms with E-state index in [1.807, 2.05) is 6.07 Å². The van der Waals surface area contributed by atoms with E-state index in [-0.39, 0.29) is 6.79 Å². The zero-order valence-electron chi connectivity index (χ0n) is 9.60. The van der Waals surface area contributed by atoms with Crippen molar-refractivity contribution in [3.8, 4) is 23.3 Å². The van der Waals surface area contributed by atoms with Gasteiger partial charge < -0.3 is 19.9 Å². The molecule has 0 aromatic heterocycles. The molecule has 0 bridgehead atoms. The van der Waals surface area contributed by atoms with Gasteiger partial charge in [0.1, 0.15) is 11.3 Å². The minimum Gasteiger partial charge on any atom is -0.493 e. The number of rotatable bonds is 4. The number of nitriles is 1. The molecule has 5 nitrogen and oxygen atoms in total. The number of hydrogen-bond donors (Lipinski definition) is 1. The number of benzene rings is 1. The van der Waals surface area contributed by atoms with E-state index in [2.05, 4.69) is 0 Å². The lowest BCUT2D eigenvalue weighted by atomic mass is 10.0. The van der Waals surface area contributed by atoms with E-state index < -0.39 is 5.54 Å². The maximum atomic E-state index is 8.75. The van der Waals surface area contributed by atoms with Crippen LogP contribution in [0.25, 0.3) is 0 Å². The summed E-state index contributed by atoms with van der Waals surface area (Å²) in [5.74, 6) is 2.08. The molecule has 0 saturated heterocycles. The second-order valence-corrected chi connectivity index (χ2v) is 4.14. The first kappa shape index (κ1) is 11.6. The van der Waals surface area contributed by atoms with E-state index in [9.17, 15) is 0 Å². The van der Waals surface area contributed by atoms with Gasteiger partial charge in [0, 0.05) is 12.5 Å². The van der Waals surface area contributed by atoms with Crippen molar-refractivity contribution in [1.82, 2.24) is 0 Å². The average molecular weight is 234 g/mol. The Balaban J connectivity index is 1.90. The molecule has 1 aromatic rings. The first-order chi connectivity index (χ1) is 8.11. The summed E-state index contributed by atoms with van der Waals surface area (Å²) < 4.78 is 15.9. The molecule has 0 spiro atoms. The third-order valence-electron chi connectivity index (χ3n) is 2.49. The van der Waals surface area contributed by atoms with Crippen molar-refractivity contribution in [2.24, 2.45) is 5.73 Å². The van der Waals surface area contributed by atoms with Crippen LogP contribution in [-0.2, 0) is 0 Å². The Kier molecular flexibility index (Phi) is 3.07. The lowest BCUT2D eigenvalue weighted by Crippen LogP contribution is -2.35. The molecular formula is C12H14N2O3. The van der Waals surface area contributed by atoms with Crippen LogP contribution < -0.4 is 19.9 Å². The summed E-state index contributed by atoms with van der Waals surface area (Å²) in [4.78, 5) is 0. The quantitative estimate of drug-likeness (QED) is 0.852. The Morgan fingerprint density at radius 2 is 2.24 bits per heavy atom. The highest BCUT2D eigenvalue weighted by atomic mass is 16.7. The SMILES string of the molecule is CC(N)(C#N)CCOc1ccc2c(c1)OCO2. The van der Waals surface area contributed by atoms with Crippen molar-refractivity contribution in [3.05, 3.63) is 18.2 Å². The van der Waals surface area contributed by atoms with Gasteiger partial charge in [0.15, 0.2) is 11.5 Å². The van der Waals surface area contributed by atoms with Gasteiger partial charge in [0.2, 0.25) is 6.79 Å². The summed E-state index contributed by atoms with van der Waals surface area (Å²) in [5, 5.41) is 8.75. The van der Waals surface area contributed by atoms with Crippen molar-refractivity contribution < 1.29 is 14.2 Å². The summed E-state index contributed by atoms with van der Waals surface area (Å²) in [6, 6.07) is 7.38. The smallest absolute Gasteiger partial charge is 0.231 e. The highest BCUT2D eigenvalue weighted by Gasteiger charge is 2.18. The van der Waals surface area contributed by atoms with Crippen molar-refractivity contribution in [2.45, 2.75) is 18.9 Å². The van der Waals surface area contributed by atoms with Gasteiger partial charge in [-0.1, -0.05) is 0 Å². The maximum absolute atomic E-state index is 8.75. The average Bonchev–Trinajstić information content (AvgIpc) is 2.76. The van der Waals surface area contributed by atoms with Crippen LogP contribution in [-0.4, -0.2) is 18.9 Å². The number of hydrogen-bond acceptors (Lipinski definition) is 5. The zero-order valence-corrected chi connectivity index (χ0v) is 9.60. The first-order valence-electron chi connectivity index (χ1n) is 5.33. The maximum Gasteiger partial charge on any atom is 0.231 e. The van der Waals surface area contributed by atoms with E-state index in [1.165, 1.54) is 0 Å². The van der Waals surface area contributed by atoms with Crippen molar-refractivity contribution in [2.75, 3.05) is 13.4 Å². The van der Waals surface area contributed by atoms with Crippen LogP contribution in [0.4, 0.5) is 0 Å². The largest absolute Gasteiger partial charge is 0.493 e. The molecule has 0 saturated carbocycles. The molecule has 0 radical (unpaired) electrons. The summed E-state index contributed by atoms with van der Waals surface area (Å²) in [6.07, 6.45) is 0.470. The molecule has 17 heavy (non-hydrogen) atoms. The normalized spacial score (nSPS) is 16.1. The number of nitrogens with two attached hydrogens (primary N) is 1. The number of ether oxygens (including phenoxy) is 3. The Labute approximate surface area is 99.7 Å². The molecule has 0 amide bonds. The molecule has 2 N–H and O–H groups in total. The third kappa shape index (κ3) is 2.80. The molecule has 1 aromatic carbocycles. The molecular weight excluding hydrogens is 220 g/mol. The van der Waals surface area contributed by atoms with Gasteiger partial charge in [0.05, 0.1) is 12.7 Å². The van der Waals surface area contributed by atoms with Gasteiger partial charge in [-0.15, -0.1) is 0 Å². The van der Waals surface area contributed by atoms with Crippen LogP contribution >= 0.6 is 0 Å². The number of nitrogens with zero attached hydrogens (tertiary/aromatic N) is 1.